The summed E-state index contributed by atoms with van der Waals surface area (Å²) in [7, 11) is 3.06. The Morgan fingerprint density at radius 1 is 0.963 bits per heavy atom. The van der Waals surface area contributed by atoms with Crippen LogP contribution >= 0.6 is 0 Å². The zero-order valence-corrected chi connectivity index (χ0v) is 15.3. The molecule has 0 bridgehead atoms. The maximum Gasteiger partial charge on any atom is 0.255 e. The minimum absolute atomic E-state index is 0.144. The zero-order valence-electron chi connectivity index (χ0n) is 15.3. The fourth-order valence-electron chi connectivity index (χ4n) is 2.82. The lowest BCUT2D eigenvalue weighted by Gasteiger charge is -2.12. The normalized spacial score (nSPS) is 15.9. The quantitative estimate of drug-likeness (QED) is 0.816. The summed E-state index contributed by atoms with van der Waals surface area (Å²) in [5.74, 6) is 0.624. The second kappa shape index (κ2) is 8.55. The molecule has 0 unspecified atom stereocenters. The molecule has 0 aliphatic carbocycles. The van der Waals surface area contributed by atoms with Crippen molar-refractivity contribution in [1.29, 1.82) is 0 Å². The number of nitrogens with one attached hydrogen (secondary N) is 2. The zero-order chi connectivity index (χ0) is 19.2. The van der Waals surface area contributed by atoms with Crippen LogP contribution in [0.1, 0.15) is 23.2 Å². The highest BCUT2D eigenvalue weighted by Crippen LogP contribution is 2.28. The average molecular weight is 370 g/mol. The van der Waals surface area contributed by atoms with Gasteiger partial charge >= 0.3 is 0 Å². The highest BCUT2D eigenvalue weighted by Gasteiger charge is 2.23. The molecule has 7 heteroatoms. The first-order valence-electron chi connectivity index (χ1n) is 8.66. The summed E-state index contributed by atoms with van der Waals surface area (Å²) in [5.41, 5.74) is 1.72. The van der Waals surface area contributed by atoms with Gasteiger partial charge < -0.3 is 24.8 Å². The molecule has 7 nitrogen and oxygen atoms in total. The highest BCUT2D eigenvalue weighted by molar-refractivity contribution is 6.04. The van der Waals surface area contributed by atoms with Crippen molar-refractivity contribution in [3.05, 3.63) is 48.0 Å². The summed E-state index contributed by atoms with van der Waals surface area (Å²) in [6.45, 7) is 0.624. The Bertz CT molecular complexity index is 814. The topological polar surface area (TPSA) is 85.9 Å². The molecule has 0 radical (unpaired) electrons. The molecule has 1 aliphatic rings. The molecule has 1 aliphatic heterocycles. The third-order valence-corrected chi connectivity index (χ3v) is 4.28. The molecule has 2 amide bonds. The Morgan fingerprint density at radius 3 is 2.22 bits per heavy atom. The van der Waals surface area contributed by atoms with E-state index < -0.39 is 0 Å². The van der Waals surface area contributed by atoms with Gasteiger partial charge in [0.25, 0.3) is 11.8 Å². The molecule has 2 N–H and O–H groups in total. The molecular formula is C20H22N2O5. The molecule has 142 valence electrons. The van der Waals surface area contributed by atoms with E-state index in [2.05, 4.69) is 10.6 Å². The van der Waals surface area contributed by atoms with Crippen molar-refractivity contribution < 1.29 is 23.8 Å². The van der Waals surface area contributed by atoms with E-state index in [4.69, 9.17) is 14.2 Å². The minimum Gasteiger partial charge on any atom is -0.493 e. The van der Waals surface area contributed by atoms with E-state index >= 15 is 0 Å². The first-order chi connectivity index (χ1) is 13.1. The molecule has 0 saturated carbocycles. The van der Waals surface area contributed by atoms with E-state index in [9.17, 15) is 9.59 Å². The molecule has 0 aromatic heterocycles. The Morgan fingerprint density at radius 2 is 1.63 bits per heavy atom. The Labute approximate surface area is 157 Å². The standard InChI is InChI=1S/C20H22N2O5/c1-25-16-10-5-13(12-18(16)26-2)19(23)21-14-6-8-15(9-7-14)22-20(24)17-4-3-11-27-17/h5-10,12,17H,3-4,11H2,1-2H3,(H,21,23)(H,22,24)/t17-/m1/s1. The van der Waals surface area contributed by atoms with Gasteiger partial charge in [-0.2, -0.15) is 0 Å². The number of anilines is 2. The second-order valence-corrected chi connectivity index (χ2v) is 6.09. The van der Waals surface area contributed by atoms with Gasteiger partial charge in [-0.05, 0) is 55.3 Å². The smallest absolute Gasteiger partial charge is 0.255 e. The van der Waals surface area contributed by atoms with Crippen molar-refractivity contribution in [2.24, 2.45) is 0 Å². The maximum absolute atomic E-state index is 12.4. The van der Waals surface area contributed by atoms with Gasteiger partial charge in [-0.3, -0.25) is 9.59 Å². The van der Waals surface area contributed by atoms with Crippen molar-refractivity contribution in [3.63, 3.8) is 0 Å². The van der Waals surface area contributed by atoms with Gasteiger partial charge in [0, 0.05) is 23.5 Å². The third-order valence-electron chi connectivity index (χ3n) is 4.28. The number of carbonyl (C=O) groups excluding carboxylic acids is 2. The van der Waals surface area contributed by atoms with E-state index in [1.807, 2.05) is 0 Å². The van der Waals surface area contributed by atoms with Crippen molar-refractivity contribution in [3.8, 4) is 11.5 Å². The molecular weight excluding hydrogens is 348 g/mol. The molecule has 27 heavy (non-hydrogen) atoms. The molecule has 1 atom stereocenters. The second-order valence-electron chi connectivity index (χ2n) is 6.09. The van der Waals surface area contributed by atoms with E-state index in [0.29, 0.717) is 35.0 Å². The van der Waals surface area contributed by atoms with Gasteiger partial charge in [0.15, 0.2) is 11.5 Å². The Hall–Kier alpha value is -3.06. The van der Waals surface area contributed by atoms with Crippen LogP contribution in [-0.4, -0.2) is 38.7 Å². The molecule has 2 aromatic carbocycles. The van der Waals surface area contributed by atoms with E-state index in [0.717, 1.165) is 12.8 Å². The monoisotopic (exact) mass is 370 g/mol. The first-order valence-corrected chi connectivity index (χ1v) is 8.66. The predicted octanol–water partition coefficient (Wildman–Crippen LogP) is 3.07. The van der Waals surface area contributed by atoms with E-state index in [-0.39, 0.29) is 17.9 Å². The molecule has 1 saturated heterocycles. The lowest BCUT2D eigenvalue weighted by atomic mass is 10.1. The summed E-state index contributed by atoms with van der Waals surface area (Å²) in [4.78, 5) is 24.5. The number of methoxy groups -OCH3 is 2. The van der Waals surface area contributed by atoms with Gasteiger partial charge in [-0.15, -0.1) is 0 Å². The Kier molecular flexibility index (Phi) is 5.93. The number of ether oxygens (including phenoxy) is 3. The fourth-order valence-corrected chi connectivity index (χ4v) is 2.82. The van der Waals surface area contributed by atoms with Crippen LogP contribution in [0, 0.1) is 0 Å². The van der Waals surface area contributed by atoms with Gasteiger partial charge in [0.1, 0.15) is 6.10 Å². The molecule has 3 rings (SSSR count). The summed E-state index contributed by atoms with van der Waals surface area (Å²) in [5, 5.41) is 5.63. The number of benzene rings is 2. The number of carbonyl (C=O) groups is 2. The third kappa shape index (κ3) is 4.57. The molecule has 1 fully saturated rings. The fraction of sp³-hybridized carbons (Fsp3) is 0.300. The number of amides is 2. The van der Waals surface area contributed by atoms with Crippen LogP contribution < -0.4 is 20.1 Å². The molecule has 1 heterocycles. The number of hydrogen-bond acceptors (Lipinski definition) is 5. The van der Waals surface area contributed by atoms with Crippen LogP contribution in [0.25, 0.3) is 0 Å². The van der Waals surface area contributed by atoms with Gasteiger partial charge in [0.2, 0.25) is 0 Å². The van der Waals surface area contributed by atoms with Gasteiger partial charge in [-0.1, -0.05) is 0 Å². The van der Waals surface area contributed by atoms with Crippen LogP contribution in [-0.2, 0) is 9.53 Å². The van der Waals surface area contributed by atoms with Crippen LogP contribution in [0.4, 0.5) is 11.4 Å². The average Bonchev–Trinajstić information content (AvgIpc) is 3.24. The van der Waals surface area contributed by atoms with Crippen LogP contribution in [0.2, 0.25) is 0 Å². The lowest BCUT2D eigenvalue weighted by Crippen LogP contribution is -2.26. The summed E-state index contributed by atoms with van der Waals surface area (Å²) >= 11 is 0. The predicted molar refractivity (Wildman–Crippen MR) is 102 cm³/mol. The van der Waals surface area contributed by atoms with Crippen LogP contribution in [0.15, 0.2) is 42.5 Å². The highest BCUT2D eigenvalue weighted by atomic mass is 16.5. The lowest BCUT2D eigenvalue weighted by molar-refractivity contribution is -0.124. The molecule has 2 aromatic rings. The number of rotatable bonds is 6. The minimum atomic E-state index is -0.380. The number of hydrogen-bond donors (Lipinski definition) is 2. The SMILES string of the molecule is COc1ccc(C(=O)Nc2ccc(NC(=O)[C@H]3CCCO3)cc2)cc1OC. The summed E-state index contributed by atoms with van der Waals surface area (Å²) in [6, 6.07) is 11.9. The van der Waals surface area contributed by atoms with Crippen LogP contribution in [0.5, 0.6) is 11.5 Å². The largest absolute Gasteiger partial charge is 0.493 e. The van der Waals surface area contributed by atoms with Crippen molar-refractivity contribution in [2.75, 3.05) is 31.5 Å². The molecule has 0 spiro atoms. The maximum atomic E-state index is 12.4. The van der Waals surface area contributed by atoms with E-state index in [1.54, 1.807) is 42.5 Å². The van der Waals surface area contributed by atoms with Crippen molar-refractivity contribution in [2.45, 2.75) is 18.9 Å². The van der Waals surface area contributed by atoms with Gasteiger partial charge in [0.05, 0.1) is 14.2 Å². The Balaban J connectivity index is 1.62. The summed E-state index contributed by atoms with van der Waals surface area (Å²) < 4.78 is 15.7. The summed E-state index contributed by atoms with van der Waals surface area (Å²) in [6.07, 6.45) is 1.26. The van der Waals surface area contributed by atoms with Gasteiger partial charge in [-0.25, -0.2) is 0 Å². The van der Waals surface area contributed by atoms with Crippen molar-refractivity contribution in [1.82, 2.24) is 0 Å². The first kappa shape index (κ1) is 18.7. The van der Waals surface area contributed by atoms with Crippen LogP contribution in [0.3, 0.4) is 0 Å². The van der Waals surface area contributed by atoms with E-state index in [1.165, 1.54) is 14.2 Å². The van der Waals surface area contributed by atoms with Crippen molar-refractivity contribution >= 4 is 23.2 Å².